The van der Waals surface area contributed by atoms with Crippen molar-refractivity contribution in [3.8, 4) is 11.4 Å². The molecule has 0 unspecified atom stereocenters. The summed E-state index contributed by atoms with van der Waals surface area (Å²) in [6.45, 7) is 4.84. The van der Waals surface area contributed by atoms with Crippen molar-refractivity contribution in [2.45, 2.75) is 6.42 Å². The van der Waals surface area contributed by atoms with E-state index < -0.39 is 0 Å². The Labute approximate surface area is 136 Å². The molecule has 0 amide bonds. The molecule has 0 saturated carbocycles. The molecule has 0 aliphatic carbocycles. The number of nitrogens with one attached hydrogen (secondary N) is 1. The second-order valence-electron chi connectivity index (χ2n) is 5.97. The SMILES string of the molecule is c1ccc(-c2nc3c(CCN4CCOCC4)cccc3[nH]2)cc1. The molecule has 4 rings (SSSR count). The minimum Gasteiger partial charge on any atom is -0.379 e. The van der Waals surface area contributed by atoms with E-state index in [-0.39, 0.29) is 0 Å². The van der Waals surface area contributed by atoms with Gasteiger partial charge in [0.25, 0.3) is 0 Å². The maximum absolute atomic E-state index is 5.42. The van der Waals surface area contributed by atoms with E-state index in [1.54, 1.807) is 0 Å². The van der Waals surface area contributed by atoms with E-state index in [2.05, 4.69) is 40.2 Å². The summed E-state index contributed by atoms with van der Waals surface area (Å²) in [7, 11) is 0. The van der Waals surface area contributed by atoms with Crippen molar-refractivity contribution in [1.82, 2.24) is 14.9 Å². The predicted octanol–water partition coefficient (Wildman–Crippen LogP) is 3.10. The topological polar surface area (TPSA) is 41.2 Å². The molecular weight excluding hydrogens is 286 g/mol. The van der Waals surface area contributed by atoms with Gasteiger partial charge in [-0.25, -0.2) is 4.98 Å². The Bertz CT molecular complexity index is 776. The van der Waals surface area contributed by atoms with Crippen molar-refractivity contribution >= 4 is 11.0 Å². The van der Waals surface area contributed by atoms with Crippen molar-refractivity contribution in [2.75, 3.05) is 32.8 Å². The number of nitrogens with zero attached hydrogens (tertiary/aromatic N) is 2. The minimum absolute atomic E-state index is 0.852. The molecule has 2 heterocycles. The number of fused-ring (bicyclic) bond motifs is 1. The maximum Gasteiger partial charge on any atom is 0.138 e. The number of morpholine rings is 1. The molecule has 0 spiro atoms. The highest BCUT2D eigenvalue weighted by molar-refractivity contribution is 5.82. The van der Waals surface area contributed by atoms with Gasteiger partial charge in [-0.1, -0.05) is 42.5 Å². The van der Waals surface area contributed by atoms with Gasteiger partial charge in [-0.3, -0.25) is 4.90 Å². The summed E-state index contributed by atoms with van der Waals surface area (Å²) in [6, 6.07) is 16.7. The molecule has 0 bridgehead atoms. The van der Waals surface area contributed by atoms with Crippen LogP contribution in [0.15, 0.2) is 48.5 Å². The van der Waals surface area contributed by atoms with Gasteiger partial charge in [0.15, 0.2) is 0 Å². The first-order chi connectivity index (χ1) is 11.4. The van der Waals surface area contributed by atoms with Crippen LogP contribution in [-0.4, -0.2) is 47.7 Å². The first kappa shape index (κ1) is 14.4. The van der Waals surface area contributed by atoms with Crippen LogP contribution < -0.4 is 0 Å². The predicted molar refractivity (Wildman–Crippen MR) is 92.5 cm³/mol. The lowest BCUT2D eigenvalue weighted by molar-refractivity contribution is 0.0385. The highest BCUT2D eigenvalue weighted by atomic mass is 16.5. The van der Waals surface area contributed by atoms with Crippen LogP contribution in [-0.2, 0) is 11.2 Å². The first-order valence-corrected chi connectivity index (χ1v) is 8.23. The lowest BCUT2D eigenvalue weighted by Gasteiger charge is -2.26. The molecule has 4 nitrogen and oxygen atoms in total. The molecule has 0 radical (unpaired) electrons. The summed E-state index contributed by atoms with van der Waals surface area (Å²) < 4.78 is 5.42. The van der Waals surface area contributed by atoms with Crippen molar-refractivity contribution < 1.29 is 4.74 Å². The molecule has 0 atom stereocenters. The Morgan fingerprint density at radius 3 is 2.65 bits per heavy atom. The zero-order valence-corrected chi connectivity index (χ0v) is 13.2. The highest BCUT2D eigenvalue weighted by Crippen LogP contribution is 2.23. The largest absolute Gasteiger partial charge is 0.379 e. The quantitative estimate of drug-likeness (QED) is 0.805. The number of hydrogen-bond acceptors (Lipinski definition) is 3. The van der Waals surface area contributed by atoms with Gasteiger partial charge in [-0.2, -0.15) is 0 Å². The Balaban J connectivity index is 1.58. The normalized spacial score (nSPS) is 16.0. The van der Waals surface area contributed by atoms with Gasteiger partial charge < -0.3 is 9.72 Å². The first-order valence-electron chi connectivity index (χ1n) is 8.23. The third kappa shape index (κ3) is 3.14. The Morgan fingerprint density at radius 1 is 1.00 bits per heavy atom. The van der Waals surface area contributed by atoms with E-state index in [4.69, 9.17) is 9.72 Å². The fourth-order valence-electron chi connectivity index (χ4n) is 3.13. The molecule has 1 aliphatic rings. The van der Waals surface area contributed by atoms with Crippen molar-refractivity contribution in [1.29, 1.82) is 0 Å². The van der Waals surface area contributed by atoms with Crippen molar-refractivity contribution in [3.63, 3.8) is 0 Å². The van der Waals surface area contributed by atoms with Crippen LogP contribution in [0.4, 0.5) is 0 Å². The average molecular weight is 307 g/mol. The van der Waals surface area contributed by atoms with Crippen LogP contribution in [0.5, 0.6) is 0 Å². The number of ether oxygens (including phenoxy) is 1. The van der Waals surface area contributed by atoms with Gasteiger partial charge in [-0.15, -0.1) is 0 Å². The number of imidazole rings is 1. The molecular formula is C19H21N3O. The molecule has 1 N–H and O–H groups in total. The number of aromatic amines is 1. The number of rotatable bonds is 4. The number of benzene rings is 2. The van der Waals surface area contributed by atoms with Crippen LogP contribution in [0.2, 0.25) is 0 Å². The van der Waals surface area contributed by atoms with Crippen molar-refractivity contribution in [3.05, 3.63) is 54.1 Å². The Kier molecular flexibility index (Phi) is 4.09. The van der Waals surface area contributed by atoms with E-state index in [0.29, 0.717) is 0 Å². The summed E-state index contributed by atoms with van der Waals surface area (Å²) in [5.41, 5.74) is 4.65. The monoisotopic (exact) mass is 307 g/mol. The maximum atomic E-state index is 5.42. The van der Waals surface area contributed by atoms with Crippen LogP contribution in [0.1, 0.15) is 5.56 Å². The summed E-state index contributed by atoms with van der Waals surface area (Å²) in [4.78, 5) is 10.8. The van der Waals surface area contributed by atoms with Gasteiger partial charge in [0.05, 0.1) is 24.2 Å². The summed E-state index contributed by atoms with van der Waals surface area (Å²) in [5, 5.41) is 0. The Hall–Kier alpha value is -2.17. The van der Waals surface area contributed by atoms with E-state index in [9.17, 15) is 0 Å². The molecule has 1 fully saturated rings. The van der Waals surface area contributed by atoms with Gasteiger partial charge in [-0.05, 0) is 18.1 Å². The van der Waals surface area contributed by atoms with Gasteiger partial charge in [0.1, 0.15) is 5.82 Å². The van der Waals surface area contributed by atoms with Crippen LogP contribution >= 0.6 is 0 Å². The summed E-state index contributed by atoms with van der Waals surface area (Å²) in [6.07, 6.45) is 1.02. The van der Waals surface area contributed by atoms with Crippen LogP contribution in [0.25, 0.3) is 22.4 Å². The molecule has 2 aromatic carbocycles. The number of H-pyrrole nitrogens is 1. The van der Waals surface area contributed by atoms with E-state index in [1.165, 1.54) is 5.56 Å². The number of aromatic nitrogens is 2. The van der Waals surface area contributed by atoms with Gasteiger partial charge >= 0.3 is 0 Å². The third-order valence-corrected chi connectivity index (χ3v) is 4.44. The zero-order chi connectivity index (χ0) is 15.5. The van der Waals surface area contributed by atoms with E-state index in [1.807, 2.05) is 18.2 Å². The van der Waals surface area contributed by atoms with Crippen LogP contribution in [0, 0.1) is 0 Å². The lowest BCUT2D eigenvalue weighted by atomic mass is 10.1. The molecule has 23 heavy (non-hydrogen) atoms. The second-order valence-corrected chi connectivity index (χ2v) is 5.97. The third-order valence-electron chi connectivity index (χ3n) is 4.44. The molecule has 1 aliphatic heterocycles. The van der Waals surface area contributed by atoms with Gasteiger partial charge in [0.2, 0.25) is 0 Å². The Morgan fingerprint density at radius 2 is 1.83 bits per heavy atom. The molecule has 1 aromatic heterocycles. The standard InChI is InChI=1S/C19H21N3O/c1-2-5-16(6-3-1)19-20-17-8-4-7-15(18(17)21-19)9-10-22-11-13-23-14-12-22/h1-8H,9-14H2,(H,20,21). The highest BCUT2D eigenvalue weighted by Gasteiger charge is 2.12. The minimum atomic E-state index is 0.852. The molecule has 3 aromatic rings. The number of hydrogen-bond donors (Lipinski definition) is 1. The summed E-state index contributed by atoms with van der Waals surface area (Å²) in [5.74, 6) is 0.944. The smallest absolute Gasteiger partial charge is 0.138 e. The molecule has 4 heteroatoms. The van der Waals surface area contributed by atoms with Crippen LogP contribution in [0.3, 0.4) is 0 Å². The van der Waals surface area contributed by atoms with E-state index >= 15 is 0 Å². The van der Waals surface area contributed by atoms with E-state index in [0.717, 1.165) is 61.7 Å². The fraction of sp³-hybridized carbons (Fsp3) is 0.316. The fourth-order valence-corrected chi connectivity index (χ4v) is 3.13. The second kappa shape index (κ2) is 6.52. The van der Waals surface area contributed by atoms with Crippen molar-refractivity contribution in [2.24, 2.45) is 0 Å². The zero-order valence-electron chi connectivity index (χ0n) is 13.2. The lowest BCUT2D eigenvalue weighted by Crippen LogP contribution is -2.37. The summed E-state index contributed by atoms with van der Waals surface area (Å²) >= 11 is 0. The molecule has 1 saturated heterocycles. The average Bonchev–Trinajstić information content (AvgIpc) is 3.06. The molecule has 118 valence electrons. The van der Waals surface area contributed by atoms with Gasteiger partial charge in [0, 0.05) is 25.2 Å². The number of para-hydroxylation sites is 1.